The Morgan fingerprint density at radius 2 is 1.47 bits per heavy atom. The molecule has 1 N–H and O–H groups in total. The third-order valence-electron chi connectivity index (χ3n) is 5.81. The maximum absolute atomic E-state index is 12.3. The van der Waals surface area contributed by atoms with Crippen LogP contribution in [0.4, 0.5) is 4.79 Å². The molecule has 0 atom stereocenters. The molecule has 0 fully saturated rings. The van der Waals surface area contributed by atoms with Crippen LogP contribution in [-0.4, -0.2) is 32.5 Å². The van der Waals surface area contributed by atoms with E-state index in [4.69, 9.17) is 14.2 Å². The molecule has 1 aliphatic rings. The van der Waals surface area contributed by atoms with Crippen LogP contribution < -0.4 is 14.8 Å². The topological polar surface area (TPSA) is 56.8 Å². The van der Waals surface area contributed by atoms with Crippen molar-refractivity contribution in [3.8, 4) is 22.6 Å². The van der Waals surface area contributed by atoms with Crippen molar-refractivity contribution in [2.24, 2.45) is 0 Å². The summed E-state index contributed by atoms with van der Waals surface area (Å²) in [6.07, 6.45) is 2.37. The minimum atomic E-state index is -0.407. The Labute approximate surface area is 209 Å². The van der Waals surface area contributed by atoms with Crippen LogP contribution in [-0.2, 0) is 4.74 Å². The highest BCUT2D eigenvalue weighted by Crippen LogP contribution is 2.44. The lowest BCUT2D eigenvalue weighted by Gasteiger charge is -2.14. The molecule has 4 rings (SSSR count). The van der Waals surface area contributed by atoms with Gasteiger partial charge in [-0.1, -0.05) is 77.8 Å². The molecule has 3 aromatic rings. The van der Waals surface area contributed by atoms with Gasteiger partial charge >= 0.3 is 6.09 Å². The van der Waals surface area contributed by atoms with Gasteiger partial charge in [-0.05, 0) is 47.2 Å². The molecule has 5 nitrogen and oxygen atoms in total. The maximum atomic E-state index is 12.3. The Kier molecular flexibility index (Phi) is 8.47. The van der Waals surface area contributed by atoms with Gasteiger partial charge in [0.15, 0.2) is 0 Å². The Balaban J connectivity index is 1.20. The highest BCUT2D eigenvalue weighted by atomic mass is 79.9. The SMILES string of the molecule is CCCCOc1cc(Br)cc(OCCCNC(=O)OCC2c3ccccc3-c3ccccc32)c1. The number of ether oxygens (including phenoxy) is 3. The van der Waals surface area contributed by atoms with Crippen molar-refractivity contribution in [2.75, 3.05) is 26.4 Å². The molecule has 0 spiro atoms. The molecule has 178 valence electrons. The standard InChI is InChI=1S/C28H30BrNO4/c1-2-3-14-32-21-16-20(29)17-22(18-21)33-15-8-13-30-28(31)34-19-27-25-11-6-4-9-23(25)24-10-5-7-12-26(24)27/h4-7,9-12,16-18,27H,2-3,8,13-15,19H2,1H3,(H,30,31). The summed E-state index contributed by atoms with van der Waals surface area (Å²) in [6.45, 7) is 4.10. The van der Waals surface area contributed by atoms with Crippen molar-refractivity contribution in [1.29, 1.82) is 0 Å². The zero-order chi connectivity index (χ0) is 23.8. The summed E-state index contributed by atoms with van der Waals surface area (Å²) < 4.78 is 18.1. The van der Waals surface area contributed by atoms with Crippen LogP contribution in [0.25, 0.3) is 11.1 Å². The number of amides is 1. The molecule has 0 saturated carbocycles. The second kappa shape index (κ2) is 11.9. The maximum Gasteiger partial charge on any atom is 0.407 e. The van der Waals surface area contributed by atoms with Crippen LogP contribution in [0.3, 0.4) is 0 Å². The van der Waals surface area contributed by atoms with Gasteiger partial charge < -0.3 is 19.5 Å². The molecule has 0 saturated heterocycles. The summed E-state index contributed by atoms with van der Waals surface area (Å²) in [6, 6.07) is 22.4. The van der Waals surface area contributed by atoms with E-state index in [1.165, 1.54) is 22.3 Å². The molecule has 1 aliphatic carbocycles. The number of carbonyl (C=O) groups is 1. The number of rotatable bonds is 11. The Bertz CT molecular complexity index is 1070. The monoisotopic (exact) mass is 523 g/mol. The number of carbonyl (C=O) groups excluding carboxylic acids is 1. The summed E-state index contributed by atoms with van der Waals surface area (Å²) in [5, 5.41) is 2.82. The van der Waals surface area contributed by atoms with Crippen LogP contribution in [0, 0.1) is 0 Å². The Morgan fingerprint density at radius 3 is 2.09 bits per heavy atom. The van der Waals surface area contributed by atoms with E-state index in [9.17, 15) is 4.79 Å². The summed E-state index contributed by atoms with van der Waals surface area (Å²) in [7, 11) is 0. The number of alkyl carbamates (subject to hydrolysis) is 1. The summed E-state index contributed by atoms with van der Waals surface area (Å²) in [4.78, 5) is 12.3. The zero-order valence-corrected chi connectivity index (χ0v) is 21.0. The van der Waals surface area contributed by atoms with Crippen molar-refractivity contribution >= 4 is 22.0 Å². The van der Waals surface area contributed by atoms with Crippen LogP contribution in [0.5, 0.6) is 11.5 Å². The summed E-state index contributed by atoms with van der Waals surface area (Å²) in [5.74, 6) is 1.59. The second-order valence-corrected chi connectivity index (χ2v) is 9.19. The normalized spacial score (nSPS) is 12.1. The quantitative estimate of drug-likeness (QED) is 0.276. The van der Waals surface area contributed by atoms with Crippen LogP contribution >= 0.6 is 15.9 Å². The van der Waals surface area contributed by atoms with Gasteiger partial charge in [-0.2, -0.15) is 0 Å². The average Bonchev–Trinajstić information content (AvgIpc) is 3.16. The summed E-state index contributed by atoms with van der Waals surface area (Å²) >= 11 is 3.50. The lowest BCUT2D eigenvalue weighted by molar-refractivity contribution is 0.142. The van der Waals surface area contributed by atoms with Crippen LogP contribution in [0.1, 0.15) is 43.2 Å². The highest BCUT2D eigenvalue weighted by molar-refractivity contribution is 9.10. The molecule has 1 amide bonds. The molecule has 34 heavy (non-hydrogen) atoms. The minimum absolute atomic E-state index is 0.0618. The Hall–Kier alpha value is -2.99. The zero-order valence-electron chi connectivity index (χ0n) is 19.4. The minimum Gasteiger partial charge on any atom is -0.493 e. The molecule has 3 aromatic carbocycles. The molecular formula is C28H30BrNO4. The van der Waals surface area contributed by atoms with E-state index in [-0.39, 0.29) is 5.92 Å². The van der Waals surface area contributed by atoms with Crippen molar-refractivity contribution in [3.63, 3.8) is 0 Å². The first-order valence-electron chi connectivity index (χ1n) is 11.8. The fourth-order valence-electron chi connectivity index (χ4n) is 4.14. The lowest BCUT2D eigenvalue weighted by Crippen LogP contribution is -2.27. The van der Waals surface area contributed by atoms with E-state index < -0.39 is 6.09 Å². The van der Waals surface area contributed by atoms with Crippen molar-refractivity contribution in [2.45, 2.75) is 32.1 Å². The first kappa shape index (κ1) is 24.1. The van der Waals surface area contributed by atoms with Gasteiger partial charge in [-0.25, -0.2) is 4.79 Å². The summed E-state index contributed by atoms with van der Waals surface area (Å²) in [5.41, 5.74) is 4.85. The smallest absolute Gasteiger partial charge is 0.407 e. The van der Waals surface area contributed by atoms with Crippen LogP contribution in [0.15, 0.2) is 71.2 Å². The Morgan fingerprint density at radius 1 is 0.882 bits per heavy atom. The number of hydrogen-bond acceptors (Lipinski definition) is 4. The van der Waals surface area contributed by atoms with Gasteiger partial charge in [0.25, 0.3) is 0 Å². The number of halogens is 1. The predicted octanol–water partition coefficient (Wildman–Crippen LogP) is 6.94. The molecule has 0 aliphatic heterocycles. The average molecular weight is 524 g/mol. The lowest BCUT2D eigenvalue weighted by atomic mass is 9.98. The van der Waals surface area contributed by atoms with Gasteiger partial charge in [0, 0.05) is 23.0 Å². The van der Waals surface area contributed by atoms with E-state index in [2.05, 4.69) is 52.4 Å². The molecule has 0 aromatic heterocycles. The third-order valence-corrected chi connectivity index (χ3v) is 6.27. The molecule has 0 heterocycles. The van der Waals surface area contributed by atoms with E-state index in [0.29, 0.717) is 32.8 Å². The number of nitrogens with one attached hydrogen (secondary N) is 1. The van der Waals surface area contributed by atoms with E-state index >= 15 is 0 Å². The molecule has 6 heteroatoms. The largest absolute Gasteiger partial charge is 0.493 e. The molecule has 0 bridgehead atoms. The molecular weight excluding hydrogens is 494 g/mol. The fraction of sp³-hybridized carbons (Fsp3) is 0.321. The van der Waals surface area contributed by atoms with Crippen molar-refractivity contribution in [3.05, 3.63) is 82.3 Å². The predicted molar refractivity (Wildman–Crippen MR) is 138 cm³/mol. The van der Waals surface area contributed by atoms with Crippen LogP contribution in [0.2, 0.25) is 0 Å². The number of hydrogen-bond donors (Lipinski definition) is 1. The number of unbranched alkanes of at least 4 members (excludes halogenated alkanes) is 1. The molecule has 0 unspecified atom stereocenters. The third kappa shape index (κ3) is 6.11. The van der Waals surface area contributed by atoms with Gasteiger partial charge in [0.1, 0.15) is 18.1 Å². The van der Waals surface area contributed by atoms with Gasteiger partial charge in [0.2, 0.25) is 0 Å². The highest BCUT2D eigenvalue weighted by Gasteiger charge is 2.28. The van der Waals surface area contributed by atoms with Crippen molar-refractivity contribution in [1.82, 2.24) is 5.32 Å². The fourth-order valence-corrected chi connectivity index (χ4v) is 4.59. The number of fused-ring (bicyclic) bond motifs is 3. The van der Waals surface area contributed by atoms with Crippen molar-refractivity contribution < 1.29 is 19.0 Å². The van der Waals surface area contributed by atoms with Gasteiger partial charge in [0.05, 0.1) is 13.2 Å². The van der Waals surface area contributed by atoms with E-state index in [1.807, 2.05) is 42.5 Å². The first-order valence-corrected chi connectivity index (χ1v) is 12.6. The number of benzene rings is 3. The van der Waals surface area contributed by atoms with Gasteiger partial charge in [-0.3, -0.25) is 0 Å². The first-order chi connectivity index (χ1) is 16.7. The second-order valence-electron chi connectivity index (χ2n) is 8.28. The van der Waals surface area contributed by atoms with E-state index in [1.54, 1.807) is 0 Å². The molecule has 0 radical (unpaired) electrons. The van der Waals surface area contributed by atoms with E-state index in [0.717, 1.165) is 28.8 Å². The van der Waals surface area contributed by atoms with Gasteiger partial charge in [-0.15, -0.1) is 0 Å².